The predicted octanol–water partition coefficient (Wildman–Crippen LogP) is -0.499. The Bertz CT molecular complexity index is 76.1. The molecule has 0 rings (SSSR count). The molecule has 0 bridgehead atoms. The van der Waals surface area contributed by atoms with Gasteiger partial charge in [-0.05, 0) is 0 Å². The lowest BCUT2D eigenvalue weighted by molar-refractivity contribution is -0.117. The Morgan fingerprint density at radius 2 is 2.43 bits per heavy atom. The summed E-state index contributed by atoms with van der Waals surface area (Å²) in [5.74, 6) is -0.0337. The second kappa shape index (κ2) is 3.66. The summed E-state index contributed by atoms with van der Waals surface area (Å²) in [6.45, 7) is 1.46. The topological polar surface area (TPSA) is 55.1 Å². The molecule has 40 valence electrons. The largest absolute Gasteiger partial charge is 0.614 e. The minimum atomic E-state index is -1.36. The fraction of sp³-hybridized carbons (Fsp3) is 0.500. The number of nitrogens with two attached hydrogens (primary N) is 1. The molecule has 5 heteroatoms. The smallest absolute Gasteiger partial charge is 0.425 e. The van der Waals surface area contributed by atoms with Crippen LogP contribution in [-0.2, 0) is 4.79 Å². The number of nitrogens with one attached hydrogen (secondary N) is 1. The summed E-state index contributed by atoms with van der Waals surface area (Å²) < 4.78 is 7.86. The van der Waals surface area contributed by atoms with Gasteiger partial charge in [0, 0.05) is 6.92 Å². The summed E-state index contributed by atoms with van der Waals surface area (Å²) in [5, 5.41) is 0. The molecular formula is C2H6AlIN2O. The molecule has 0 aromatic carbocycles. The third-order valence-electron chi connectivity index (χ3n) is 0.341. The Kier molecular flexibility index (Phi) is 4.03. The maximum Gasteiger partial charge on any atom is 0.614 e. The first-order chi connectivity index (χ1) is 3.13. The normalized spacial score (nSPS) is 7.86. The van der Waals surface area contributed by atoms with Gasteiger partial charge < -0.3 is 9.02 Å². The van der Waals surface area contributed by atoms with Crippen molar-refractivity contribution in [2.75, 3.05) is 0 Å². The van der Waals surface area contributed by atoms with Crippen molar-refractivity contribution in [3.63, 3.8) is 0 Å². The van der Waals surface area contributed by atoms with E-state index in [2.05, 4.69) is 4.30 Å². The lowest BCUT2D eigenvalue weighted by Gasteiger charge is -1.93. The zero-order chi connectivity index (χ0) is 5.86. The van der Waals surface area contributed by atoms with E-state index in [0.717, 1.165) is 0 Å². The Morgan fingerprint density at radius 1 is 2.00 bits per heavy atom. The molecule has 7 heavy (non-hydrogen) atoms. The average Bonchev–Trinajstić information content (AvgIpc) is 1.27. The highest BCUT2D eigenvalue weighted by Crippen LogP contribution is 1.76. The Labute approximate surface area is 58.1 Å². The predicted molar refractivity (Wildman–Crippen MR) is 37.8 cm³/mol. The zero-order valence-electron chi connectivity index (χ0n) is 3.94. The van der Waals surface area contributed by atoms with Gasteiger partial charge in [-0.2, -0.15) is 20.3 Å². The molecule has 0 unspecified atom stereocenters. The number of hydrogen-bond acceptors (Lipinski definition) is 2. The molecule has 0 heterocycles. The Balaban J connectivity index is 3.13. The Hall–Kier alpha value is 0.692. The maximum atomic E-state index is 10.1. The van der Waals surface area contributed by atoms with Crippen molar-refractivity contribution < 1.29 is 4.79 Å². The minimum absolute atomic E-state index is 0.0337. The summed E-state index contributed by atoms with van der Waals surface area (Å²) in [5.41, 5.74) is 0. The summed E-state index contributed by atoms with van der Waals surface area (Å²) in [6, 6.07) is 0. The molecule has 0 aromatic heterocycles. The molecule has 0 fully saturated rings. The van der Waals surface area contributed by atoms with Gasteiger partial charge in [-0.25, -0.2) is 0 Å². The first-order valence-corrected chi connectivity index (χ1v) is 7.21. The van der Waals surface area contributed by atoms with E-state index in [1.165, 1.54) is 6.92 Å². The SMILES string of the molecule is CC(=O)[NH][Al]([NH2])[I]. The summed E-state index contributed by atoms with van der Waals surface area (Å²) in [6.07, 6.45) is 0. The number of amides is 1. The molecule has 0 radical (unpaired) electrons. The Morgan fingerprint density at radius 3 is 2.43 bits per heavy atom. The van der Waals surface area contributed by atoms with Crippen LogP contribution in [0.15, 0.2) is 0 Å². The van der Waals surface area contributed by atoms with Gasteiger partial charge in [-0.3, -0.25) is 4.79 Å². The lowest BCUT2D eigenvalue weighted by atomic mass is 10.8. The van der Waals surface area contributed by atoms with Gasteiger partial charge in [0.2, 0.25) is 0 Å². The molecule has 0 aromatic rings. The van der Waals surface area contributed by atoms with E-state index in [1.807, 2.05) is 20.3 Å². The van der Waals surface area contributed by atoms with Crippen molar-refractivity contribution in [3.05, 3.63) is 0 Å². The molecule has 3 nitrogen and oxygen atoms in total. The fourth-order valence-corrected chi connectivity index (χ4v) is 1.90. The van der Waals surface area contributed by atoms with Crippen LogP contribution in [0.4, 0.5) is 0 Å². The van der Waals surface area contributed by atoms with E-state index < -0.39 is 11.3 Å². The van der Waals surface area contributed by atoms with Crippen molar-refractivity contribution >= 4 is 37.5 Å². The molecule has 0 aliphatic heterocycles. The van der Waals surface area contributed by atoms with Gasteiger partial charge in [0.05, 0.1) is 0 Å². The highest BCUT2D eigenvalue weighted by Gasteiger charge is 2.08. The number of rotatable bonds is 1. The quantitative estimate of drug-likeness (QED) is 0.469. The third kappa shape index (κ3) is 6.69. The van der Waals surface area contributed by atoms with Crippen molar-refractivity contribution in [2.45, 2.75) is 6.92 Å². The minimum Gasteiger partial charge on any atom is -0.425 e. The van der Waals surface area contributed by atoms with Crippen LogP contribution in [-0.4, -0.2) is 17.2 Å². The van der Waals surface area contributed by atoms with Gasteiger partial charge in [-0.1, -0.05) is 0 Å². The highest BCUT2D eigenvalue weighted by molar-refractivity contribution is 14.1. The van der Waals surface area contributed by atoms with Gasteiger partial charge >= 0.3 is 11.3 Å². The summed E-state index contributed by atoms with van der Waals surface area (Å²) >= 11 is 0.684. The molecule has 1 amide bonds. The van der Waals surface area contributed by atoms with Crippen LogP contribution < -0.4 is 9.02 Å². The summed E-state index contributed by atoms with van der Waals surface area (Å²) in [7, 11) is 0. The lowest BCUT2D eigenvalue weighted by Crippen LogP contribution is -2.39. The molecule has 0 saturated heterocycles. The monoisotopic (exact) mass is 228 g/mol. The van der Waals surface area contributed by atoms with Gasteiger partial charge in [0.15, 0.2) is 5.91 Å². The van der Waals surface area contributed by atoms with E-state index in [4.69, 9.17) is 4.72 Å². The fourth-order valence-electron chi connectivity index (χ4n) is 0.194. The first kappa shape index (κ1) is 7.69. The van der Waals surface area contributed by atoms with Gasteiger partial charge in [0.25, 0.3) is 0 Å². The zero-order valence-corrected chi connectivity index (χ0v) is 7.25. The molecule has 0 aliphatic carbocycles. The van der Waals surface area contributed by atoms with Crippen LogP contribution in [0.5, 0.6) is 0 Å². The van der Waals surface area contributed by atoms with Crippen LogP contribution in [0.25, 0.3) is 0 Å². The molecule has 0 atom stereocenters. The number of hydrogen-bond donors (Lipinski definition) is 2. The van der Waals surface area contributed by atoms with Crippen LogP contribution in [0.1, 0.15) is 6.92 Å². The van der Waals surface area contributed by atoms with Gasteiger partial charge in [0.1, 0.15) is 0 Å². The molecular weight excluding hydrogens is 222 g/mol. The van der Waals surface area contributed by atoms with E-state index in [1.54, 1.807) is 0 Å². The van der Waals surface area contributed by atoms with E-state index in [0.29, 0.717) is 0 Å². The standard InChI is InChI=1S/C2H5NO.Al.HI.H2N/c1-2(3)4;;;/h1H3,(H2,3,4);;1H;1H2/q;+3;;-1/p-2. The van der Waals surface area contributed by atoms with Gasteiger partial charge in [-0.15, -0.1) is 0 Å². The van der Waals surface area contributed by atoms with Crippen molar-refractivity contribution in [2.24, 2.45) is 4.72 Å². The second-order valence-corrected chi connectivity index (χ2v) is 6.22. The number of carbonyl (C=O) groups excluding carboxylic acids is 1. The third-order valence-corrected chi connectivity index (χ3v) is 1.96. The number of carbonyl (C=O) groups is 1. The van der Waals surface area contributed by atoms with Crippen molar-refractivity contribution in [1.29, 1.82) is 0 Å². The van der Waals surface area contributed by atoms with Crippen LogP contribution in [0.3, 0.4) is 0 Å². The maximum absolute atomic E-state index is 10.1. The molecule has 0 spiro atoms. The van der Waals surface area contributed by atoms with E-state index in [9.17, 15) is 4.79 Å². The average molecular weight is 228 g/mol. The van der Waals surface area contributed by atoms with Crippen LogP contribution in [0.2, 0.25) is 0 Å². The van der Waals surface area contributed by atoms with Crippen molar-refractivity contribution in [3.8, 4) is 0 Å². The highest BCUT2D eigenvalue weighted by atomic mass is 127. The van der Waals surface area contributed by atoms with Crippen LogP contribution in [0, 0.1) is 0 Å². The molecule has 3 N–H and O–H groups in total. The van der Waals surface area contributed by atoms with E-state index >= 15 is 0 Å². The van der Waals surface area contributed by atoms with E-state index in [-0.39, 0.29) is 5.91 Å². The van der Waals surface area contributed by atoms with Crippen molar-refractivity contribution in [1.82, 2.24) is 4.30 Å². The second-order valence-electron chi connectivity index (χ2n) is 1.10. The molecule has 0 aliphatic rings. The summed E-state index contributed by atoms with van der Waals surface area (Å²) in [4.78, 5) is 10.1. The van der Waals surface area contributed by atoms with Crippen LogP contribution >= 0.6 is 20.3 Å². The molecule has 0 saturated carbocycles. The first-order valence-electron chi connectivity index (χ1n) is 1.79. The number of halogens is 1.